The van der Waals surface area contributed by atoms with Gasteiger partial charge >= 0.3 is 0 Å². The number of aromatic nitrogens is 2. The zero-order chi connectivity index (χ0) is 15.1. The molecule has 2 heterocycles. The first-order valence-electron chi connectivity index (χ1n) is 7.54. The van der Waals surface area contributed by atoms with Gasteiger partial charge in [0, 0.05) is 55.2 Å². The van der Waals surface area contributed by atoms with Gasteiger partial charge < -0.3 is 10.2 Å². The second kappa shape index (κ2) is 7.74. The fraction of sp³-hybridized carbons (Fsp3) is 0.412. The van der Waals surface area contributed by atoms with Crippen LogP contribution in [0.3, 0.4) is 0 Å². The summed E-state index contributed by atoms with van der Waals surface area (Å²) in [6.07, 6.45) is 5.68. The summed E-state index contributed by atoms with van der Waals surface area (Å²) in [5.41, 5.74) is 4.84. The van der Waals surface area contributed by atoms with Gasteiger partial charge in [-0.2, -0.15) is 0 Å². The Morgan fingerprint density at radius 2 is 1.95 bits per heavy atom. The molecule has 2 aromatic rings. The van der Waals surface area contributed by atoms with Gasteiger partial charge in [0.25, 0.3) is 0 Å². The fourth-order valence-corrected chi connectivity index (χ4v) is 2.34. The minimum atomic E-state index is 0.853. The van der Waals surface area contributed by atoms with E-state index in [2.05, 4.69) is 52.2 Å². The molecule has 0 aromatic carbocycles. The number of nitrogens with one attached hydrogen (secondary N) is 1. The van der Waals surface area contributed by atoms with E-state index in [1.165, 1.54) is 16.8 Å². The Labute approximate surface area is 127 Å². The molecule has 0 radical (unpaired) electrons. The van der Waals surface area contributed by atoms with Crippen LogP contribution in [0.2, 0.25) is 0 Å². The summed E-state index contributed by atoms with van der Waals surface area (Å²) >= 11 is 0. The molecular weight excluding hydrogens is 260 g/mol. The number of aryl methyl sites for hydroxylation is 1. The molecule has 0 aliphatic carbocycles. The lowest BCUT2D eigenvalue weighted by Gasteiger charge is -2.26. The predicted molar refractivity (Wildman–Crippen MR) is 87.3 cm³/mol. The smallest absolute Gasteiger partial charge is 0.0448 e. The summed E-state index contributed by atoms with van der Waals surface area (Å²) in [4.78, 5) is 10.9. The predicted octanol–water partition coefficient (Wildman–Crippen LogP) is 2.92. The Kier molecular flexibility index (Phi) is 5.69. The van der Waals surface area contributed by atoms with Crippen molar-refractivity contribution in [3.8, 4) is 0 Å². The molecule has 0 aliphatic heterocycles. The zero-order valence-corrected chi connectivity index (χ0v) is 13.1. The van der Waals surface area contributed by atoms with E-state index in [0.29, 0.717) is 0 Å². The van der Waals surface area contributed by atoms with Crippen LogP contribution in [0.5, 0.6) is 0 Å². The van der Waals surface area contributed by atoms with E-state index < -0.39 is 0 Å². The highest BCUT2D eigenvalue weighted by atomic mass is 15.1. The maximum Gasteiger partial charge on any atom is 0.0448 e. The Morgan fingerprint density at radius 1 is 1.19 bits per heavy atom. The molecule has 0 saturated heterocycles. The van der Waals surface area contributed by atoms with E-state index in [0.717, 1.165) is 31.9 Å². The number of rotatable bonds is 7. The van der Waals surface area contributed by atoms with Crippen molar-refractivity contribution in [3.05, 3.63) is 53.6 Å². The van der Waals surface area contributed by atoms with Crippen LogP contribution in [0.25, 0.3) is 0 Å². The third-order valence-electron chi connectivity index (χ3n) is 3.51. The molecule has 2 rings (SSSR count). The van der Waals surface area contributed by atoms with Gasteiger partial charge in [-0.05, 0) is 44.2 Å². The summed E-state index contributed by atoms with van der Waals surface area (Å²) in [5.74, 6) is 0. The highest BCUT2D eigenvalue weighted by molar-refractivity contribution is 5.54. The quantitative estimate of drug-likeness (QED) is 0.849. The van der Waals surface area contributed by atoms with Gasteiger partial charge in [0.2, 0.25) is 0 Å². The van der Waals surface area contributed by atoms with Crippen LogP contribution in [0, 0.1) is 6.92 Å². The molecule has 21 heavy (non-hydrogen) atoms. The fourth-order valence-electron chi connectivity index (χ4n) is 2.34. The highest BCUT2D eigenvalue weighted by Crippen LogP contribution is 2.22. The van der Waals surface area contributed by atoms with Crippen molar-refractivity contribution in [3.63, 3.8) is 0 Å². The minimum absolute atomic E-state index is 0.853. The molecule has 1 N–H and O–H groups in total. The van der Waals surface area contributed by atoms with Gasteiger partial charge in [0.15, 0.2) is 0 Å². The average Bonchev–Trinajstić information content (AvgIpc) is 2.52. The summed E-state index contributed by atoms with van der Waals surface area (Å²) in [6, 6.07) is 6.32. The van der Waals surface area contributed by atoms with Crippen LogP contribution in [-0.4, -0.2) is 23.1 Å². The molecule has 0 saturated carbocycles. The first kappa shape index (κ1) is 15.4. The van der Waals surface area contributed by atoms with Crippen molar-refractivity contribution < 1.29 is 0 Å². The summed E-state index contributed by atoms with van der Waals surface area (Å²) in [6.45, 7) is 10.0. The zero-order valence-electron chi connectivity index (χ0n) is 13.1. The molecule has 112 valence electrons. The molecule has 0 atom stereocenters. The van der Waals surface area contributed by atoms with Gasteiger partial charge in [0.1, 0.15) is 0 Å². The van der Waals surface area contributed by atoms with Crippen molar-refractivity contribution in [2.75, 3.05) is 18.0 Å². The monoisotopic (exact) mass is 284 g/mol. The minimum Gasteiger partial charge on any atom is -0.367 e. The van der Waals surface area contributed by atoms with Crippen molar-refractivity contribution in [1.29, 1.82) is 0 Å². The number of anilines is 1. The molecule has 0 fully saturated rings. The first-order chi connectivity index (χ1) is 10.2. The largest absolute Gasteiger partial charge is 0.367 e. The van der Waals surface area contributed by atoms with Crippen molar-refractivity contribution >= 4 is 5.69 Å². The summed E-state index contributed by atoms with van der Waals surface area (Å²) in [7, 11) is 0. The molecule has 4 heteroatoms. The maximum atomic E-state index is 4.44. The maximum absolute atomic E-state index is 4.44. The third kappa shape index (κ3) is 4.26. The Balaban J connectivity index is 2.25. The van der Waals surface area contributed by atoms with E-state index in [1.54, 1.807) is 0 Å². The van der Waals surface area contributed by atoms with Gasteiger partial charge in [-0.3, -0.25) is 9.97 Å². The van der Waals surface area contributed by atoms with Gasteiger partial charge in [-0.25, -0.2) is 0 Å². The van der Waals surface area contributed by atoms with E-state index in [4.69, 9.17) is 0 Å². The van der Waals surface area contributed by atoms with Crippen LogP contribution in [0.1, 0.15) is 30.7 Å². The molecule has 2 aromatic heterocycles. The molecule has 0 aliphatic rings. The van der Waals surface area contributed by atoms with Crippen molar-refractivity contribution in [1.82, 2.24) is 15.3 Å². The Morgan fingerprint density at radius 3 is 2.62 bits per heavy atom. The van der Waals surface area contributed by atoms with Gasteiger partial charge in [-0.15, -0.1) is 0 Å². The third-order valence-corrected chi connectivity index (χ3v) is 3.51. The van der Waals surface area contributed by atoms with Crippen LogP contribution < -0.4 is 10.2 Å². The summed E-state index contributed by atoms with van der Waals surface area (Å²) < 4.78 is 0. The molecule has 0 amide bonds. The van der Waals surface area contributed by atoms with Gasteiger partial charge in [0.05, 0.1) is 0 Å². The second-order valence-corrected chi connectivity index (χ2v) is 5.10. The van der Waals surface area contributed by atoms with E-state index in [-0.39, 0.29) is 0 Å². The lowest BCUT2D eigenvalue weighted by Crippen LogP contribution is -2.25. The van der Waals surface area contributed by atoms with Crippen molar-refractivity contribution in [2.45, 2.75) is 33.9 Å². The number of hydrogen-bond acceptors (Lipinski definition) is 4. The topological polar surface area (TPSA) is 41.1 Å². The Bertz CT molecular complexity index is 554. The van der Waals surface area contributed by atoms with Crippen molar-refractivity contribution in [2.24, 2.45) is 0 Å². The van der Waals surface area contributed by atoms with E-state index >= 15 is 0 Å². The van der Waals surface area contributed by atoms with E-state index in [1.807, 2.05) is 25.5 Å². The Hall–Kier alpha value is -1.94. The van der Waals surface area contributed by atoms with Crippen LogP contribution in [0.4, 0.5) is 5.69 Å². The average molecular weight is 284 g/mol. The first-order valence-corrected chi connectivity index (χ1v) is 7.54. The lowest BCUT2D eigenvalue weighted by molar-refractivity contribution is 0.715. The second-order valence-electron chi connectivity index (χ2n) is 5.10. The SMILES string of the molecule is CCNCc1cnc(C)cc1N(CC)Cc1ccncc1. The lowest BCUT2D eigenvalue weighted by atomic mass is 10.1. The highest BCUT2D eigenvalue weighted by Gasteiger charge is 2.11. The van der Waals surface area contributed by atoms with Crippen LogP contribution in [-0.2, 0) is 13.1 Å². The number of hydrogen-bond donors (Lipinski definition) is 1. The van der Waals surface area contributed by atoms with Crippen LogP contribution in [0.15, 0.2) is 36.8 Å². The molecule has 4 nitrogen and oxygen atoms in total. The molecule has 0 unspecified atom stereocenters. The van der Waals surface area contributed by atoms with Crippen LogP contribution >= 0.6 is 0 Å². The number of nitrogens with zero attached hydrogens (tertiary/aromatic N) is 3. The summed E-state index contributed by atoms with van der Waals surface area (Å²) in [5, 5.41) is 3.39. The molecular formula is C17H24N4. The van der Waals surface area contributed by atoms with Gasteiger partial charge in [-0.1, -0.05) is 6.92 Å². The molecule has 0 spiro atoms. The molecule has 0 bridgehead atoms. The standard InChI is InChI=1S/C17H24N4/c1-4-18-11-16-12-20-14(3)10-17(16)21(5-2)13-15-6-8-19-9-7-15/h6-10,12,18H,4-5,11,13H2,1-3H3. The number of pyridine rings is 2. The van der Waals surface area contributed by atoms with E-state index in [9.17, 15) is 0 Å². The normalized spacial score (nSPS) is 10.6.